The molecule has 0 radical (unpaired) electrons. The summed E-state index contributed by atoms with van der Waals surface area (Å²) < 4.78 is 29.9. The summed E-state index contributed by atoms with van der Waals surface area (Å²) >= 11 is 0. The van der Waals surface area contributed by atoms with Crippen LogP contribution in [0.5, 0.6) is 0 Å². The summed E-state index contributed by atoms with van der Waals surface area (Å²) in [4.78, 5) is 22.9. The minimum Gasteiger partial charge on any atom is -0.378 e. The quantitative estimate of drug-likeness (QED) is 0.158. The van der Waals surface area contributed by atoms with E-state index in [4.69, 9.17) is 20.1 Å². The van der Waals surface area contributed by atoms with Gasteiger partial charge in [-0.05, 0) is 13.8 Å². The first-order chi connectivity index (χ1) is 12.3. The van der Waals surface area contributed by atoms with E-state index in [0.717, 1.165) is 0 Å². The molecule has 1 unspecified atom stereocenters. The van der Waals surface area contributed by atoms with Crippen LogP contribution in [0.3, 0.4) is 0 Å². The number of nitrogens with one attached hydrogen (secondary N) is 3. The van der Waals surface area contributed by atoms with E-state index in [1.807, 2.05) is 0 Å². The number of halogens is 1. The van der Waals surface area contributed by atoms with Gasteiger partial charge in [0.2, 0.25) is 11.8 Å². The Balaban J connectivity index is 3.74. The lowest BCUT2D eigenvalue weighted by Gasteiger charge is -2.29. The van der Waals surface area contributed by atoms with E-state index in [2.05, 4.69) is 16.1 Å². The molecule has 5 N–H and O–H groups in total. The number of hydrogen-bond acceptors (Lipinski definition) is 7. The van der Waals surface area contributed by atoms with Crippen LogP contribution in [0.1, 0.15) is 27.2 Å². The van der Waals surface area contributed by atoms with Crippen LogP contribution in [0.4, 0.5) is 4.39 Å². The smallest absolute Gasteiger partial charge is 0.246 e. The van der Waals surface area contributed by atoms with Crippen molar-refractivity contribution in [3.8, 4) is 0 Å². The molecule has 154 valence electrons. The molecule has 0 aromatic carbocycles. The largest absolute Gasteiger partial charge is 0.378 e. The number of carbonyl (C=O) groups is 2. The summed E-state index contributed by atoms with van der Waals surface area (Å²) in [7, 11) is 0. The third kappa shape index (κ3) is 13.0. The van der Waals surface area contributed by atoms with Crippen molar-refractivity contribution in [1.29, 1.82) is 0 Å². The van der Waals surface area contributed by atoms with Gasteiger partial charge in [-0.25, -0.2) is 4.39 Å². The molecule has 1 atom stereocenters. The highest BCUT2D eigenvalue weighted by molar-refractivity contribution is 5.77. The van der Waals surface area contributed by atoms with Gasteiger partial charge in [-0.1, -0.05) is 6.92 Å². The van der Waals surface area contributed by atoms with Crippen LogP contribution < -0.4 is 21.9 Å². The maximum absolute atomic E-state index is 14.1. The number of hydrazine groups is 1. The Morgan fingerprint density at radius 1 is 1.04 bits per heavy atom. The first-order valence-electron chi connectivity index (χ1n) is 8.73. The van der Waals surface area contributed by atoms with Crippen molar-refractivity contribution in [3.63, 3.8) is 0 Å². The van der Waals surface area contributed by atoms with Crippen molar-refractivity contribution in [2.45, 2.75) is 39.0 Å². The third-order valence-electron chi connectivity index (χ3n) is 3.46. The SMILES string of the molecule is CCC(=O)NCC(F)C(C)(C)OCC(=O)NCCOCCOCCNN. The summed E-state index contributed by atoms with van der Waals surface area (Å²) in [6.07, 6.45) is -1.14. The fourth-order valence-electron chi connectivity index (χ4n) is 1.68. The Morgan fingerprint density at radius 2 is 1.65 bits per heavy atom. The molecule has 0 bridgehead atoms. The second-order valence-electron chi connectivity index (χ2n) is 6.05. The molecule has 0 aliphatic carbocycles. The molecule has 10 heteroatoms. The molecule has 0 aliphatic rings. The highest BCUT2D eigenvalue weighted by Gasteiger charge is 2.31. The maximum Gasteiger partial charge on any atom is 0.246 e. The highest BCUT2D eigenvalue weighted by atomic mass is 19.1. The predicted molar refractivity (Wildman–Crippen MR) is 95.1 cm³/mol. The van der Waals surface area contributed by atoms with Crippen molar-refractivity contribution >= 4 is 11.8 Å². The molecule has 0 aliphatic heterocycles. The molecule has 0 heterocycles. The molecule has 0 saturated carbocycles. The van der Waals surface area contributed by atoms with Gasteiger partial charge < -0.3 is 24.8 Å². The van der Waals surface area contributed by atoms with Crippen molar-refractivity contribution in [3.05, 3.63) is 0 Å². The van der Waals surface area contributed by atoms with Crippen LogP contribution in [0.15, 0.2) is 0 Å². The van der Waals surface area contributed by atoms with E-state index in [1.165, 1.54) is 13.8 Å². The predicted octanol–water partition coefficient (Wildman–Crippen LogP) is -0.741. The molecule has 0 saturated heterocycles. The summed E-state index contributed by atoms with van der Waals surface area (Å²) in [5.74, 6) is 4.49. The molecular formula is C16H33FN4O5. The fraction of sp³-hybridized carbons (Fsp3) is 0.875. The van der Waals surface area contributed by atoms with E-state index >= 15 is 0 Å². The molecule has 0 aromatic rings. The van der Waals surface area contributed by atoms with Gasteiger partial charge in [0.05, 0.1) is 38.6 Å². The molecule has 0 spiro atoms. The topological polar surface area (TPSA) is 124 Å². The Morgan fingerprint density at radius 3 is 2.23 bits per heavy atom. The van der Waals surface area contributed by atoms with E-state index < -0.39 is 11.8 Å². The molecular weight excluding hydrogens is 347 g/mol. The Bertz CT molecular complexity index is 399. The number of ether oxygens (including phenoxy) is 3. The van der Waals surface area contributed by atoms with Crippen LogP contribution in [0.2, 0.25) is 0 Å². The van der Waals surface area contributed by atoms with Gasteiger partial charge in [-0.2, -0.15) is 0 Å². The normalized spacial score (nSPS) is 12.7. The zero-order valence-corrected chi connectivity index (χ0v) is 15.9. The van der Waals surface area contributed by atoms with Gasteiger partial charge >= 0.3 is 0 Å². The minimum absolute atomic E-state index is 0.154. The Labute approximate surface area is 154 Å². The average Bonchev–Trinajstić information content (AvgIpc) is 2.62. The summed E-state index contributed by atoms with van der Waals surface area (Å²) in [6.45, 7) is 6.90. The van der Waals surface area contributed by atoms with Gasteiger partial charge in [0.25, 0.3) is 0 Å². The fourth-order valence-corrected chi connectivity index (χ4v) is 1.68. The zero-order chi connectivity index (χ0) is 19.8. The van der Waals surface area contributed by atoms with Crippen LogP contribution in [0.25, 0.3) is 0 Å². The van der Waals surface area contributed by atoms with Gasteiger partial charge in [0.1, 0.15) is 12.8 Å². The third-order valence-corrected chi connectivity index (χ3v) is 3.46. The van der Waals surface area contributed by atoms with E-state index in [9.17, 15) is 14.0 Å². The minimum atomic E-state index is -1.43. The second kappa shape index (κ2) is 14.8. The lowest BCUT2D eigenvalue weighted by molar-refractivity contribution is -0.136. The zero-order valence-electron chi connectivity index (χ0n) is 15.9. The van der Waals surface area contributed by atoms with Crippen molar-refractivity contribution in [2.75, 3.05) is 52.7 Å². The summed E-state index contributed by atoms with van der Waals surface area (Å²) in [5.41, 5.74) is 1.28. The van der Waals surface area contributed by atoms with Gasteiger partial charge in [-0.3, -0.25) is 20.9 Å². The first-order valence-corrected chi connectivity index (χ1v) is 8.73. The van der Waals surface area contributed by atoms with E-state index in [-0.39, 0.29) is 31.4 Å². The maximum atomic E-state index is 14.1. The number of amides is 2. The second-order valence-corrected chi connectivity index (χ2v) is 6.05. The Hall–Kier alpha value is -1.33. The Kier molecular flexibility index (Phi) is 14.0. The number of rotatable bonds is 16. The standard InChI is InChI=1S/C16H33FN4O5/c1-4-14(22)20-11-13(17)16(2,3)26-12-15(23)19-5-7-24-9-10-25-8-6-21-18/h13,21H,4-12,18H2,1-3H3,(H,19,23)(H,20,22). The van der Waals surface area contributed by atoms with Crippen molar-refractivity contribution in [1.82, 2.24) is 16.1 Å². The number of alkyl halides is 1. The molecule has 0 aromatic heterocycles. The summed E-state index contributed by atoms with van der Waals surface area (Å²) in [5, 5.41) is 5.08. The lowest BCUT2D eigenvalue weighted by atomic mass is 10.0. The molecule has 0 fully saturated rings. The van der Waals surface area contributed by atoms with E-state index in [0.29, 0.717) is 39.5 Å². The van der Waals surface area contributed by atoms with Crippen molar-refractivity contribution in [2.24, 2.45) is 5.84 Å². The van der Waals surface area contributed by atoms with Crippen LogP contribution >= 0.6 is 0 Å². The molecule has 26 heavy (non-hydrogen) atoms. The lowest BCUT2D eigenvalue weighted by Crippen LogP contribution is -2.45. The highest BCUT2D eigenvalue weighted by Crippen LogP contribution is 2.17. The first kappa shape index (κ1) is 24.7. The number of hydrogen-bond donors (Lipinski definition) is 4. The number of carbonyl (C=O) groups excluding carboxylic acids is 2. The van der Waals surface area contributed by atoms with Gasteiger partial charge in [-0.15, -0.1) is 0 Å². The van der Waals surface area contributed by atoms with Crippen LogP contribution in [0, 0.1) is 0 Å². The van der Waals surface area contributed by atoms with Crippen LogP contribution in [-0.4, -0.2) is 76.3 Å². The van der Waals surface area contributed by atoms with Crippen LogP contribution in [-0.2, 0) is 23.8 Å². The average molecular weight is 380 g/mol. The van der Waals surface area contributed by atoms with E-state index in [1.54, 1.807) is 6.92 Å². The summed E-state index contributed by atoms with van der Waals surface area (Å²) in [6, 6.07) is 0. The molecule has 9 nitrogen and oxygen atoms in total. The van der Waals surface area contributed by atoms with Crippen molar-refractivity contribution < 1.29 is 28.2 Å². The van der Waals surface area contributed by atoms with Gasteiger partial charge in [0, 0.05) is 19.5 Å². The molecule has 0 rings (SSSR count). The number of nitrogens with two attached hydrogens (primary N) is 1. The van der Waals surface area contributed by atoms with Gasteiger partial charge in [0.15, 0.2) is 0 Å². The molecule has 2 amide bonds. The monoisotopic (exact) mass is 380 g/mol.